The third kappa shape index (κ3) is 7.60. The number of aromatic nitrogens is 3. The molecule has 4 rings (SSSR count). The van der Waals surface area contributed by atoms with Crippen molar-refractivity contribution in [2.24, 2.45) is 22.2 Å². The molecule has 0 aliphatic carbocycles. The van der Waals surface area contributed by atoms with Gasteiger partial charge >= 0.3 is 0 Å². The number of aryl methyl sites for hydroxylation is 1. The van der Waals surface area contributed by atoms with Crippen LogP contribution >= 0.6 is 0 Å². The number of imidazole rings is 1. The Labute approximate surface area is 256 Å². The number of halogens is 2. The van der Waals surface area contributed by atoms with E-state index in [0.717, 1.165) is 0 Å². The number of hydrogen-bond donors (Lipinski definition) is 7. The summed E-state index contributed by atoms with van der Waals surface area (Å²) < 4.78 is 35.6. The van der Waals surface area contributed by atoms with Crippen LogP contribution in [0.2, 0.25) is 0 Å². The minimum atomic E-state index is -1.10. The number of hydrogen-bond acceptors (Lipinski definition) is 9. The van der Waals surface area contributed by atoms with Crippen LogP contribution in [0.25, 0.3) is 16.9 Å². The molecule has 0 aliphatic heterocycles. The van der Waals surface area contributed by atoms with Crippen LogP contribution in [0, 0.1) is 11.6 Å². The van der Waals surface area contributed by atoms with Gasteiger partial charge in [-0.2, -0.15) is 4.39 Å². The molecule has 2 aromatic carbocycles. The van der Waals surface area contributed by atoms with Crippen LogP contribution in [0.15, 0.2) is 53.9 Å². The van der Waals surface area contributed by atoms with Gasteiger partial charge in [0.05, 0.1) is 31.6 Å². The lowest BCUT2D eigenvalue weighted by Crippen LogP contribution is -2.47. The van der Waals surface area contributed by atoms with Gasteiger partial charge in [-0.05, 0) is 42.3 Å². The van der Waals surface area contributed by atoms with Crippen molar-refractivity contribution in [2.45, 2.75) is 25.5 Å². The van der Waals surface area contributed by atoms with Gasteiger partial charge in [-0.25, -0.2) is 14.4 Å². The van der Waals surface area contributed by atoms with Crippen LogP contribution in [-0.4, -0.2) is 76.1 Å². The number of carbonyl (C=O) groups is 2. The summed E-state index contributed by atoms with van der Waals surface area (Å²) in [5, 5.41) is 18.5. The lowest BCUT2D eigenvalue weighted by atomic mass is 10.0. The normalized spacial score (nSPS) is 12.3. The zero-order valence-corrected chi connectivity index (χ0v) is 24.6. The number of guanidine groups is 1. The Bertz CT molecular complexity index is 1720. The Kier molecular flexibility index (Phi) is 10.4. The highest BCUT2D eigenvalue weighted by Crippen LogP contribution is 2.31. The van der Waals surface area contributed by atoms with Crippen LogP contribution in [0.3, 0.4) is 0 Å². The Morgan fingerprint density at radius 2 is 1.87 bits per heavy atom. The molecular weight excluding hydrogens is 590 g/mol. The molecule has 0 spiro atoms. The monoisotopic (exact) mass is 624 g/mol. The van der Waals surface area contributed by atoms with Crippen molar-refractivity contribution < 1.29 is 28.2 Å². The number of ether oxygens (including phenoxy) is 1. The first-order valence-electron chi connectivity index (χ1n) is 13.8. The minimum Gasteiger partial charge on any atom is -0.494 e. The number of aliphatic hydroxyl groups is 1. The molecule has 0 saturated carbocycles. The average molecular weight is 625 g/mol. The number of benzene rings is 2. The molecule has 2 atom stereocenters. The van der Waals surface area contributed by atoms with E-state index in [0.29, 0.717) is 40.4 Å². The summed E-state index contributed by atoms with van der Waals surface area (Å²) in [5.41, 5.74) is 18.5. The minimum absolute atomic E-state index is 0.000467. The fourth-order valence-corrected chi connectivity index (χ4v) is 4.43. The quantitative estimate of drug-likeness (QED) is 0.0819. The first-order chi connectivity index (χ1) is 21.5. The number of aliphatic hydroxyl groups excluding tert-OH is 1. The molecule has 10 N–H and O–H groups in total. The van der Waals surface area contributed by atoms with Gasteiger partial charge in [-0.3, -0.25) is 19.0 Å². The molecule has 4 aromatic rings. The van der Waals surface area contributed by atoms with Gasteiger partial charge in [-0.1, -0.05) is 6.92 Å². The predicted molar refractivity (Wildman–Crippen MR) is 164 cm³/mol. The third-order valence-electron chi connectivity index (χ3n) is 6.78. The van der Waals surface area contributed by atoms with Crippen LogP contribution in [-0.2, 0) is 11.2 Å². The number of nitrogens with one attached hydrogen (secondary N) is 3. The highest BCUT2D eigenvalue weighted by atomic mass is 19.2. The first-order valence-corrected chi connectivity index (χ1v) is 13.8. The van der Waals surface area contributed by atoms with E-state index in [1.165, 1.54) is 31.6 Å². The van der Waals surface area contributed by atoms with Crippen LogP contribution in [0.5, 0.6) is 5.75 Å². The van der Waals surface area contributed by atoms with Gasteiger partial charge in [0.25, 0.3) is 5.91 Å². The lowest BCUT2D eigenvalue weighted by molar-refractivity contribution is -0.122. The van der Waals surface area contributed by atoms with Crippen molar-refractivity contribution in [3.63, 3.8) is 0 Å². The number of methoxy groups -OCH3 is 1. The Morgan fingerprint density at radius 1 is 1.11 bits per heavy atom. The summed E-state index contributed by atoms with van der Waals surface area (Å²) in [6, 6.07) is 6.83. The SMILES string of the molecule is CCc1cc(Nc2nccn3c(-c4ccc(OC)c(F)c4F)cnc23)ccc1C(=O)NCC(O)CNC(=O)[C@@H](N)CN=C(N)N. The molecule has 2 amide bonds. The number of amides is 2. The van der Waals surface area contributed by atoms with Crippen LogP contribution < -0.4 is 37.9 Å². The second-order valence-electron chi connectivity index (χ2n) is 9.89. The maximum atomic E-state index is 14.8. The van der Waals surface area contributed by atoms with E-state index in [4.69, 9.17) is 21.9 Å². The summed E-state index contributed by atoms with van der Waals surface area (Å²) in [6.45, 7) is 1.50. The number of rotatable bonds is 13. The maximum Gasteiger partial charge on any atom is 0.251 e. The largest absolute Gasteiger partial charge is 0.494 e. The number of nitrogens with zero attached hydrogens (tertiary/aromatic N) is 4. The van der Waals surface area contributed by atoms with E-state index < -0.39 is 35.6 Å². The van der Waals surface area contributed by atoms with Crippen LogP contribution in [0.4, 0.5) is 20.3 Å². The van der Waals surface area contributed by atoms with E-state index in [1.54, 1.807) is 28.8 Å². The predicted octanol–water partition coefficient (Wildman–Crippen LogP) is 0.797. The second-order valence-corrected chi connectivity index (χ2v) is 9.89. The first kappa shape index (κ1) is 32.6. The van der Waals surface area contributed by atoms with Crippen molar-refractivity contribution in [1.82, 2.24) is 25.0 Å². The topological polar surface area (TPSA) is 220 Å². The van der Waals surface area contributed by atoms with Gasteiger partial charge in [-0.15, -0.1) is 0 Å². The van der Waals surface area contributed by atoms with Gasteiger partial charge in [0.15, 0.2) is 29.0 Å². The van der Waals surface area contributed by atoms with E-state index in [2.05, 4.69) is 30.9 Å². The molecule has 14 nitrogen and oxygen atoms in total. The number of nitrogens with two attached hydrogens (primary N) is 3. The molecule has 0 radical (unpaired) electrons. The molecule has 0 fully saturated rings. The van der Waals surface area contributed by atoms with Gasteiger partial charge in [0.1, 0.15) is 6.04 Å². The van der Waals surface area contributed by atoms with Crippen molar-refractivity contribution in [3.05, 3.63) is 71.7 Å². The molecular formula is C29H34F2N10O4. The molecule has 2 aromatic heterocycles. The number of fused-ring (bicyclic) bond motifs is 1. The zero-order valence-electron chi connectivity index (χ0n) is 24.6. The number of aliphatic imine (C=N–C) groups is 1. The fraction of sp³-hybridized carbons (Fsp3) is 0.276. The number of anilines is 2. The van der Waals surface area contributed by atoms with Gasteiger partial charge < -0.3 is 43.0 Å². The van der Waals surface area contributed by atoms with E-state index >= 15 is 0 Å². The molecule has 16 heteroatoms. The highest BCUT2D eigenvalue weighted by molar-refractivity contribution is 5.96. The molecule has 0 bridgehead atoms. The Hall–Kier alpha value is -5.35. The Balaban J connectivity index is 1.42. The summed E-state index contributed by atoms with van der Waals surface area (Å²) in [6.07, 6.45) is 3.92. The van der Waals surface area contributed by atoms with Crippen molar-refractivity contribution >= 4 is 34.9 Å². The summed E-state index contributed by atoms with van der Waals surface area (Å²) in [7, 11) is 1.26. The summed E-state index contributed by atoms with van der Waals surface area (Å²) in [5.74, 6) is -3.19. The standard InChI is InChI=1S/C29H34F2N10O4/c1-3-15-10-16(4-5-18(15)27(43)37-11-17(42)12-38-28(44)20(32)13-39-29(33)34)40-25-26-36-14-21(41(26)9-8-35-25)19-6-7-22(45-2)24(31)23(19)30/h4-10,14,17,20,42H,3,11-13,32H2,1-2H3,(H,35,40)(H,37,43)(H,38,44)(H4,33,34,39)/t17?,20-/m0/s1. The molecule has 45 heavy (non-hydrogen) atoms. The van der Waals surface area contributed by atoms with E-state index in [1.807, 2.05) is 6.92 Å². The zero-order chi connectivity index (χ0) is 32.7. The van der Waals surface area contributed by atoms with Gasteiger partial charge in [0, 0.05) is 42.3 Å². The molecule has 0 saturated heterocycles. The summed E-state index contributed by atoms with van der Waals surface area (Å²) in [4.78, 5) is 37.3. The van der Waals surface area contributed by atoms with Crippen molar-refractivity contribution in [2.75, 3.05) is 32.1 Å². The van der Waals surface area contributed by atoms with E-state index in [9.17, 15) is 23.5 Å². The lowest BCUT2D eigenvalue weighted by Gasteiger charge is -2.16. The summed E-state index contributed by atoms with van der Waals surface area (Å²) >= 11 is 0. The number of carbonyl (C=O) groups excluding carboxylic acids is 2. The fourth-order valence-electron chi connectivity index (χ4n) is 4.43. The highest BCUT2D eigenvalue weighted by Gasteiger charge is 2.20. The Morgan fingerprint density at radius 3 is 2.58 bits per heavy atom. The maximum absolute atomic E-state index is 14.8. The molecule has 238 valence electrons. The van der Waals surface area contributed by atoms with E-state index in [-0.39, 0.29) is 36.9 Å². The second kappa shape index (κ2) is 14.4. The third-order valence-corrected chi connectivity index (χ3v) is 6.78. The molecule has 0 aliphatic rings. The smallest absolute Gasteiger partial charge is 0.251 e. The average Bonchev–Trinajstić information content (AvgIpc) is 3.47. The van der Waals surface area contributed by atoms with Crippen LogP contribution in [0.1, 0.15) is 22.8 Å². The molecule has 1 unspecified atom stereocenters. The van der Waals surface area contributed by atoms with Crippen molar-refractivity contribution in [1.29, 1.82) is 0 Å². The van der Waals surface area contributed by atoms with Gasteiger partial charge in [0.2, 0.25) is 11.7 Å². The molecule has 2 heterocycles. The van der Waals surface area contributed by atoms with Crippen molar-refractivity contribution in [3.8, 4) is 17.0 Å².